The van der Waals surface area contributed by atoms with Crippen molar-refractivity contribution in [1.82, 2.24) is 10.5 Å². The molecule has 20 heteroatoms. The number of nitrogens with one attached hydrogen (secondary N) is 1. The number of amides is 5. The Kier molecular flexibility index (Phi) is 18.3. The Morgan fingerprint density at radius 2 is 1.20 bits per heavy atom. The molecule has 0 saturated carbocycles. The number of ether oxygens (including phenoxy) is 5. The van der Waals surface area contributed by atoms with E-state index in [0.29, 0.717) is 94.8 Å². The van der Waals surface area contributed by atoms with E-state index in [4.69, 9.17) is 38.5 Å². The van der Waals surface area contributed by atoms with E-state index in [-0.39, 0.29) is 94.8 Å². The number of carbonyl (C=O) groups is 7. The van der Waals surface area contributed by atoms with Gasteiger partial charge >= 0.3 is 5.97 Å². The minimum Gasteiger partial charge on any atom is -0.493 e. The second-order valence-electron chi connectivity index (χ2n) is 21.7. The van der Waals surface area contributed by atoms with Crippen molar-refractivity contribution < 1.29 is 62.1 Å². The Balaban J connectivity index is 0.684. The molecule has 0 spiro atoms. The normalized spacial score (nSPS) is 16.3. The fraction of sp³-hybridized carbons (Fsp3) is 0.313. The molecule has 1 N–H and O–H groups in total. The third kappa shape index (κ3) is 13.8. The predicted octanol–water partition coefficient (Wildman–Crippen LogP) is 9.95. The number of hydrogen-bond acceptors (Lipinski definition) is 16. The van der Waals surface area contributed by atoms with Crippen molar-refractivity contribution in [1.29, 1.82) is 0 Å². The number of anilines is 2. The largest absolute Gasteiger partial charge is 0.493 e. The van der Waals surface area contributed by atoms with E-state index < -0.39 is 23.7 Å². The third-order valence-corrected chi connectivity index (χ3v) is 15.7. The molecule has 11 rings (SSSR count). The molecule has 20 nitrogen and oxygen atoms in total. The lowest BCUT2D eigenvalue weighted by Crippen LogP contribution is -2.37. The van der Waals surface area contributed by atoms with E-state index in [2.05, 4.69) is 10.5 Å². The molecule has 0 aliphatic carbocycles. The summed E-state index contributed by atoms with van der Waals surface area (Å²) >= 11 is 0. The number of nitrogens with zero attached hydrogens (tertiary/aromatic N) is 6. The molecule has 1 saturated heterocycles. The number of hydroxylamine groups is 2. The second kappa shape index (κ2) is 27.0. The van der Waals surface area contributed by atoms with Crippen LogP contribution in [0.5, 0.6) is 23.0 Å². The average Bonchev–Trinajstić information content (AvgIpc) is 3.13. The highest BCUT2D eigenvalue weighted by atomic mass is 16.7. The SMILES string of the molecule is COc1cc2c(cc1OCc1cc(COc3cc4c(cc3C)C(=O)N3c5ccccc5C[C@H]3C=N4)cc(OCCOCCC(=O)CCCCC/C(=N/NC(=O)CCC(=O)ON3C(=O)CCC3=O)c3ccccc3)c1)N=C[C@@H]1Cc3ccccc3N1C2=O. The highest BCUT2D eigenvalue weighted by Crippen LogP contribution is 2.42. The van der Waals surface area contributed by atoms with Gasteiger partial charge in [0, 0.05) is 80.9 Å². The Bertz CT molecular complexity index is 3730. The maximum Gasteiger partial charge on any atom is 0.333 e. The summed E-state index contributed by atoms with van der Waals surface area (Å²) in [5.74, 6) is -0.936. The van der Waals surface area contributed by atoms with Crippen molar-refractivity contribution in [2.24, 2.45) is 15.1 Å². The Morgan fingerprint density at radius 1 is 0.598 bits per heavy atom. The number of Topliss-reactive ketones (excluding diaryl/α,β-unsaturated/α-hetero) is 1. The van der Waals surface area contributed by atoms with Gasteiger partial charge in [0.15, 0.2) is 11.5 Å². The van der Waals surface area contributed by atoms with Crippen LogP contribution in [0.4, 0.5) is 22.7 Å². The maximum absolute atomic E-state index is 14.1. The van der Waals surface area contributed by atoms with Gasteiger partial charge in [0.05, 0.1) is 67.0 Å². The lowest BCUT2D eigenvalue weighted by atomic mass is 10.0. The van der Waals surface area contributed by atoms with E-state index in [1.165, 1.54) is 7.11 Å². The molecule has 6 aromatic carbocycles. The number of fused-ring (bicyclic) bond motifs is 8. The molecule has 1 fully saturated rings. The van der Waals surface area contributed by atoms with Crippen molar-refractivity contribution in [2.45, 2.75) is 109 Å². The van der Waals surface area contributed by atoms with E-state index in [1.807, 2.05) is 133 Å². The van der Waals surface area contributed by atoms with Gasteiger partial charge in [0.25, 0.3) is 23.6 Å². The van der Waals surface area contributed by atoms with Gasteiger partial charge < -0.3 is 28.5 Å². The van der Waals surface area contributed by atoms with Gasteiger partial charge in [-0.05, 0) is 102 Å². The van der Waals surface area contributed by atoms with Crippen molar-refractivity contribution in [3.8, 4) is 23.0 Å². The molecule has 0 aromatic heterocycles. The lowest BCUT2D eigenvalue weighted by Gasteiger charge is -2.22. The Morgan fingerprint density at radius 3 is 1.85 bits per heavy atom. The van der Waals surface area contributed by atoms with Crippen molar-refractivity contribution in [2.75, 3.05) is 36.7 Å². The molecule has 5 amide bonds. The van der Waals surface area contributed by atoms with Crippen molar-refractivity contribution in [3.05, 3.63) is 166 Å². The number of methoxy groups -OCH3 is 1. The number of imide groups is 1. The molecular formula is C67H65N7O13. The number of benzene rings is 6. The maximum atomic E-state index is 14.1. The van der Waals surface area contributed by atoms with E-state index in [0.717, 1.165) is 51.2 Å². The number of hydrogen-bond donors (Lipinski definition) is 1. The summed E-state index contributed by atoms with van der Waals surface area (Å²) in [7, 11) is 1.53. The predicted molar refractivity (Wildman–Crippen MR) is 324 cm³/mol. The molecule has 0 bridgehead atoms. The highest BCUT2D eigenvalue weighted by Gasteiger charge is 2.38. The van der Waals surface area contributed by atoms with Gasteiger partial charge in [-0.15, -0.1) is 5.06 Å². The monoisotopic (exact) mass is 1180 g/mol. The van der Waals surface area contributed by atoms with Crippen LogP contribution < -0.4 is 34.2 Å². The molecular weight excluding hydrogens is 1110 g/mol. The number of para-hydroxylation sites is 2. The number of aliphatic imine (C=N–C) groups is 2. The minimum atomic E-state index is -0.876. The van der Waals surface area contributed by atoms with Crippen LogP contribution in [0.3, 0.4) is 0 Å². The number of hydrazone groups is 1. The molecule has 0 unspecified atom stereocenters. The van der Waals surface area contributed by atoms with Gasteiger partial charge in [-0.25, -0.2) is 10.2 Å². The van der Waals surface area contributed by atoms with Crippen LogP contribution in [0, 0.1) is 6.92 Å². The first-order chi connectivity index (χ1) is 42.4. The molecule has 446 valence electrons. The van der Waals surface area contributed by atoms with Gasteiger partial charge in [0.2, 0.25) is 5.91 Å². The van der Waals surface area contributed by atoms with Crippen LogP contribution in [0.25, 0.3) is 0 Å². The number of ketones is 1. The fourth-order valence-electron chi connectivity index (χ4n) is 11.2. The standard InChI is InChI=1S/C67H65N7O13/c1-42-29-52-55(68-38-48-33-46-15-9-11-19-57(46)72(48)66(52)80)36-59(42)85-40-43-30-44(41-86-61-37-56-53(35-60(61)82-2)67(81)73-49(39-69-56)34-47-16-10-12-20-58(47)73)32-51(31-43)84-28-27-83-26-25-50(75)17-7-4-8-18-54(45-13-5-3-6-14-45)70-71-62(76)21-24-65(79)87-74-63(77)22-23-64(74)78/h3,5-6,9-16,19-20,29-32,35-39,48-49H,4,7-8,17-18,21-28,33-34,40-41H2,1-2H3,(H,71,76)/b70-54-/t48-,49-/m0/s1. The van der Waals surface area contributed by atoms with E-state index >= 15 is 0 Å². The summed E-state index contributed by atoms with van der Waals surface area (Å²) in [5, 5.41) is 4.79. The number of unbranched alkanes of at least 4 members (excludes halogenated alkanes) is 2. The molecule has 5 aliphatic heterocycles. The van der Waals surface area contributed by atoms with Gasteiger partial charge in [-0.2, -0.15) is 5.10 Å². The third-order valence-electron chi connectivity index (χ3n) is 15.7. The topological polar surface area (TPSA) is 234 Å². The summed E-state index contributed by atoms with van der Waals surface area (Å²) in [4.78, 5) is 107. The molecule has 5 heterocycles. The smallest absolute Gasteiger partial charge is 0.333 e. The molecule has 2 atom stereocenters. The molecule has 0 radical (unpaired) electrons. The summed E-state index contributed by atoms with van der Waals surface area (Å²) in [6, 6.07) is 37.5. The first-order valence-electron chi connectivity index (χ1n) is 29.2. The summed E-state index contributed by atoms with van der Waals surface area (Å²) < 4.78 is 30.9. The van der Waals surface area contributed by atoms with E-state index in [1.54, 1.807) is 17.0 Å². The summed E-state index contributed by atoms with van der Waals surface area (Å²) in [6.45, 7) is 2.76. The highest BCUT2D eigenvalue weighted by molar-refractivity contribution is 6.16. The van der Waals surface area contributed by atoms with Crippen molar-refractivity contribution in [3.63, 3.8) is 0 Å². The average molecular weight is 1180 g/mol. The fourth-order valence-corrected chi connectivity index (χ4v) is 11.2. The van der Waals surface area contributed by atoms with Gasteiger partial charge in [-0.1, -0.05) is 73.2 Å². The zero-order chi connectivity index (χ0) is 60.4. The van der Waals surface area contributed by atoms with E-state index in [9.17, 15) is 33.6 Å². The van der Waals surface area contributed by atoms with Gasteiger partial charge in [-0.3, -0.25) is 48.6 Å². The number of rotatable bonds is 26. The Labute approximate surface area is 502 Å². The molecule has 87 heavy (non-hydrogen) atoms. The van der Waals surface area contributed by atoms with Crippen LogP contribution in [-0.2, 0) is 59.6 Å². The summed E-state index contributed by atoms with van der Waals surface area (Å²) in [6.07, 6.45) is 7.58. The quantitative estimate of drug-likeness (QED) is 0.0231. The van der Waals surface area contributed by atoms with Crippen LogP contribution >= 0.6 is 0 Å². The van der Waals surface area contributed by atoms with Crippen LogP contribution in [0.2, 0.25) is 0 Å². The zero-order valence-corrected chi connectivity index (χ0v) is 48.4. The first kappa shape index (κ1) is 58.9. The molecule has 5 aliphatic rings. The number of aryl methyl sites for hydroxylation is 1. The summed E-state index contributed by atoms with van der Waals surface area (Å²) in [5.41, 5.74) is 12.1. The zero-order valence-electron chi connectivity index (χ0n) is 48.4. The van der Waals surface area contributed by atoms with Crippen LogP contribution in [0.1, 0.15) is 118 Å². The first-order valence-corrected chi connectivity index (χ1v) is 29.2. The minimum absolute atomic E-state index is 0.0276. The Hall–Kier alpha value is -9.82. The van der Waals surface area contributed by atoms with Crippen LogP contribution in [0.15, 0.2) is 136 Å². The van der Waals surface area contributed by atoms with Crippen molar-refractivity contribution >= 4 is 82.2 Å². The number of carbonyl (C=O) groups excluding carboxylic acids is 7. The van der Waals surface area contributed by atoms with Gasteiger partial charge in [0.1, 0.15) is 37.1 Å². The lowest BCUT2D eigenvalue weighted by molar-refractivity contribution is -0.197. The second-order valence-corrected chi connectivity index (χ2v) is 21.7. The molecule has 6 aromatic rings. The van der Waals surface area contributed by atoms with Crippen LogP contribution in [-0.4, -0.2) is 104 Å².